The molecule has 19 heavy (non-hydrogen) atoms. The molecule has 0 aliphatic heterocycles. The van der Waals surface area contributed by atoms with Crippen LogP contribution in [0.25, 0.3) is 0 Å². The van der Waals surface area contributed by atoms with Crippen LogP contribution in [0.15, 0.2) is 0 Å². The van der Waals surface area contributed by atoms with Gasteiger partial charge in [0.15, 0.2) is 0 Å². The Hall–Kier alpha value is -1.30. The Kier molecular flexibility index (Phi) is 5.60. The zero-order chi connectivity index (χ0) is 14.5. The fraction of sp³-hybridized carbons (Fsp3) is 0.846. The Morgan fingerprint density at radius 3 is 2.37 bits per heavy atom. The normalized spacial score (nSPS) is 15.1. The Bertz CT molecular complexity index is 322. The highest BCUT2D eigenvalue weighted by Gasteiger charge is 2.28. The summed E-state index contributed by atoms with van der Waals surface area (Å²) < 4.78 is 0. The average molecular weight is 271 g/mol. The van der Waals surface area contributed by atoms with E-state index in [1.165, 1.54) is 17.7 Å². The number of nitrogens with one attached hydrogen (secondary N) is 2. The molecule has 1 rings (SSSR count). The number of rotatable bonds is 7. The summed E-state index contributed by atoms with van der Waals surface area (Å²) >= 11 is 0. The number of carboxylic acids is 1. The lowest BCUT2D eigenvalue weighted by Crippen LogP contribution is -2.52. The van der Waals surface area contributed by atoms with Crippen LogP contribution in [0.3, 0.4) is 0 Å². The lowest BCUT2D eigenvalue weighted by molar-refractivity contribution is -0.138. The molecule has 0 atom stereocenters. The Balaban J connectivity index is 2.27. The smallest absolute Gasteiger partial charge is 0.323 e. The molecule has 1 aliphatic rings. The van der Waals surface area contributed by atoms with E-state index in [1.807, 2.05) is 20.8 Å². The third-order valence-corrected chi connectivity index (χ3v) is 2.99. The van der Waals surface area contributed by atoms with Gasteiger partial charge in [-0.3, -0.25) is 4.79 Å². The first-order chi connectivity index (χ1) is 8.80. The molecule has 6 heteroatoms. The number of carbonyl (C=O) groups is 2. The van der Waals surface area contributed by atoms with Crippen molar-refractivity contribution in [2.75, 3.05) is 19.6 Å². The zero-order valence-electron chi connectivity index (χ0n) is 12.0. The highest BCUT2D eigenvalue weighted by molar-refractivity contribution is 5.80. The van der Waals surface area contributed by atoms with Gasteiger partial charge in [0.25, 0.3) is 0 Å². The highest BCUT2D eigenvalue weighted by atomic mass is 16.4. The van der Waals surface area contributed by atoms with E-state index in [1.54, 1.807) is 0 Å². The van der Waals surface area contributed by atoms with Gasteiger partial charge in [0, 0.05) is 18.1 Å². The molecule has 1 saturated carbocycles. The van der Waals surface area contributed by atoms with Crippen molar-refractivity contribution in [2.45, 2.75) is 51.6 Å². The van der Waals surface area contributed by atoms with Crippen molar-refractivity contribution in [1.29, 1.82) is 0 Å². The van der Waals surface area contributed by atoms with E-state index in [-0.39, 0.29) is 12.6 Å². The minimum absolute atomic E-state index is 0.282. The monoisotopic (exact) mass is 271 g/mol. The lowest BCUT2D eigenvalue weighted by atomic mass is 10.1. The first kappa shape index (κ1) is 15.8. The summed E-state index contributed by atoms with van der Waals surface area (Å²) in [6, 6.07) is 0.357. The molecule has 0 radical (unpaired) electrons. The molecule has 0 aromatic heterocycles. The van der Waals surface area contributed by atoms with Crippen LogP contribution in [0.2, 0.25) is 0 Å². The van der Waals surface area contributed by atoms with Crippen molar-refractivity contribution < 1.29 is 14.7 Å². The number of carboxylic acid groups (broad SMARTS) is 1. The maximum atomic E-state index is 12.0. The zero-order valence-corrected chi connectivity index (χ0v) is 12.0. The van der Waals surface area contributed by atoms with Crippen LogP contribution in [0.4, 0.5) is 4.79 Å². The van der Waals surface area contributed by atoms with Gasteiger partial charge in [-0.2, -0.15) is 0 Å². The van der Waals surface area contributed by atoms with Crippen LogP contribution in [0.1, 0.15) is 40.0 Å². The van der Waals surface area contributed by atoms with Gasteiger partial charge in [-0.15, -0.1) is 0 Å². The number of urea groups is 1. The van der Waals surface area contributed by atoms with Crippen molar-refractivity contribution >= 4 is 12.0 Å². The fourth-order valence-electron chi connectivity index (χ4n) is 1.72. The number of aliphatic carboxylic acids is 1. The molecule has 0 aromatic rings. The van der Waals surface area contributed by atoms with Gasteiger partial charge in [-0.1, -0.05) is 0 Å². The summed E-state index contributed by atoms with van der Waals surface area (Å²) in [4.78, 5) is 24.1. The van der Waals surface area contributed by atoms with Gasteiger partial charge < -0.3 is 20.6 Å². The predicted octanol–water partition coefficient (Wildman–Crippen LogP) is 1.02. The molecule has 1 fully saturated rings. The first-order valence-corrected chi connectivity index (χ1v) is 6.81. The summed E-state index contributed by atoms with van der Waals surface area (Å²) in [7, 11) is 0. The molecule has 0 aromatic carbocycles. The van der Waals surface area contributed by atoms with Gasteiger partial charge in [0.2, 0.25) is 0 Å². The van der Waals surface area contributed by atoms with Crippen LogP contribution >= 0.6 is 0 Å². The number of nitrogens with zero attached hydrogens (tertiary/aromatic N) is 1. The lowest BCUT2D eigenvalue weighted by Gasteiger charge is -2.34. The van der Waals surface area contributed by atoms with E-state index >= 15 is 0 Å². The Morgan fingerprint density at radius 1 is 1.26 bits per heavy atom. The number of carbonyl (C=O) groups excluding carboxylic acids is 1. The van der Waals surface area contributed by atoms with Crippen LogP contribution in [0, 0.1) is 0 Å². The second kappa shape index (κ2) is 6.75. The third kappa shape index (κ3) is 6.42. The van der Waals surface area contributed by atoms with Crippen molar-refractivity contribution in [3.8, 4) is 0 Å². The van der Waals surface area contributed by atoms with Gasteiger partial charge in [-0.05, 0) is 46.6 Å². The van der Waals surface area contributed by atoms with E-state index in [4.69, 9.17) is 5.11 Å². The topological polar surface area (TPSA) is 81.7 Å². The van der Waals surface area contributed by atoms with Gasteiger partial charge in [-0.25, -0.2) is 4.79 Å². The summed E-state index contributed by atoms with van der Waals surface area (Å²) in [6.45, 7) is 6.64. The molecule has 0 unspecified atom stereocenters. The van der Waals surface area contributed by atoms with Crippen molar-refractivity contribution in [2.24, 2.45) is 0 Å². The maximum Gasteiger partial charge on any atom is 0.323 e. The highest BCUT2D eigenvalue weighted by Crippen LogP contribution is 2.18. The van der Waals surface area contributed by atoms with E-state index in [9.17, 15) is 9.59 Å². The minimum atomic E-state index is -1.000. The maximum absolute atomic E-state index is 12.0. The van der Waals surface area contributed by atoms with E-state index in [0.717, 1.165) is 13.0 Å². The number of hydrogen-bond donors (Lipinski definition) is 3. The second-order valence-corrected chi connectivity index (χ2v) is 5.96. The fourth-order valence-corrected chi connectivity index (χ4v) is 1.72. The molecule has 2 amide bonds. The third-order valence-electron chi connectivity index (χ3n) is 2.99. The second-order valence-electron chi connectivity index (χ2n) is 5.96. The molecule has 0 bridgehead atoms. The molecule has 0 heterocycles. The van der Waals surface area contributed by atoms with Crippen LogP contribution in [0.5, 0.6) is 0 Å². The summed E-state index contributed by atoms with van der Waals surface area (Å²) in [6.07, 6.45) is 3.36. The quantitative estimate of drug-likeness (QED) is 0.604. The van der Waals surface area contributed by atoms with E-state index in [2.05, 4.69) is 10.6 Å². The van der Waals surface area contributed by atoms with E-state index in [0.29, 0.717) is 12.6 Å². The van der Waals surface area contributed by atoms with Gasteiger partial charge >= 0.3 is 12.0 Å². The SMILES string of the molecule is CC(C)(C)N(CC(=O)O)C(=O)NCCCNC1CC1. The van der Waals surface area contributed by atoms with Crippen molar-refractivity contribution in [1.82, 2.24) is 15.5 Å². The van der Waals surface area contributed by atoms with E-state index < -0.39 is 11.5 Å². The largest absolute Gasteiger partial charge is 0.480 e. The molecular weight excluding hydrogens is 246 g/mol. The summed E-state index contributed by atoms with van der Waals surface area (Å²) in [5, 5.41) is 15.0. The standard InChI is InChI=1S/C13H25N3O3/c1-13(2,3)16(9-11(17)18)12(19)15-8-4-7-14-10-5-6-10/h10,14H,4-9H2,1-3H3,(H,15,19)(H,17,18). The van der Waals surface area contributed by atoms with Gasteiger partial charge in [0.1, 0.15) is 6.54 Å². The molecular formula is C13H25N3O3. The molecule has 1 aliphatic carbocycles. The van der Waals surface area contributed by atoms with Gasteiger partial charge in [0.05, 0.1) is 0 Å². The molecule has 3 N–H and O–H groups in total. The molecule has 0 spiro atoms. The van der Waals surface area contributed by atoms with Crippen LogP contribution in [-0.4, -0.2) is 53.2 Å². The summed E-state index contributed by atoms with van der Waals surface area (Å²) in [5.74, 6) is -1.000. The Labute approximate surface area is 114 Å². The average Bonchev–Trinajstić information content (AvgIpc) is 3.07. The number of hydrogen-bond acceptors (Lipinski definition) is 3. The predicted molar refractivity (Wildman–Crippen MR) is 73.1 cm³/mol. The van der Waals surface area contributed by atoms with Crippen LogP contribution in [-0.2, 0) is 4.79 Å². The number of amides is 2. The Morgan fingerprint density at radius 2 is 1.89 bits per heavy atom. The first-order valence-electron chi connectivity index (χ1n) is 6.81. The van der Waals surface area contributed by atoms with Crippen molar-refractivity contribution in [3.05, 3.63) is 0 Å². The molecule has 0 saturated heterocycles. The molecule has 6 nitrogen and oxygen atoms in total. The van der Waals surface area contributed by atoms with Crippen molar-refractivity contribution in [3.63, 3.8) is 0 Å². The molecule has 110 valence electrons. The minimum Gasteiger partial charge on any atom is -0.480 e. The summed E-state index contributed by atoms with van der Waals surface area (Å²) in [5.41, 5.74) is -0.505. The van der Waals surface area contributed by atoms with Crippen LogP contribution < -0.4 is 10.6 Å².